The van der Waals surface area contributed by atoms with Crippen molar-refractivity contribution in [3.8, 4) is 11.3 Å². The zero-order valence-electron chi connectivity index (χ0n) is 11.2. The normalized spacial score (nSPS) is 10.9. The summed E-state index contributed by atoms with van der Waals surface area (Å²) < 4.78 is 0. The topological polar surface area (TPSA) is 38.7 Å². The number of halogens is 1. The number of pyridine rings is 1. The van der Waals surface area contributed by atoms with Crippen LogP contribution in [0.2, 0.25) is 5.15 Å². The summed E-state index contributed by atoms with van der Waals surface area (Å²) in [6, 6.07) is 11.9. The highest BCUT2D eigenvalue weighted by atomic mass is 35.5. The van der Waals surface area contributed by atoms with Crippen LogP contribution in [-0.2, 0) is 6.42 Å². The zero-order valence-corrected chi connectivity index (χ0v) is 11.9. The van der Waals surface area contributed by atoms with Crippen molar-refractivity contribution in [3.63, 3.8) is 0 Å². The Morgan fingerprint density at radius 1 is 1.10 bits per heavy atom. The first-order chi connectivity index (χ1) is 9.76. The largest absolute Gasteiger partial charge is 0.256 e. The minimum atomic E-state index is 0.478. The molecule has 3 rings (SSSR count). The van der Waals surface area contributed by atoms with Crippen LogP contribution in [0.1, 0.15) is 19.2 Å². The quantitative estimate of drug-likeness (QED) is 0.673. The lowest BCUT2D eigenvalue weighted by Gasteiger charge is -2.05. The second-order valence-corrected chi connectivity index (χ2v) is 5.05. The number of benzene rings is 1. The summed E-state index contributed by atoms with van der Waals surface area (Å²) >= 11 is 6.08. The van der Waals surface area contributed by atoms with Gasteiger partial charge in [0.25, 0.3) is 0 Å². The molecule has 0 atom stereocenters. The number of para-hydroxylation sites is 1. The van der Waals surface area contributed by atoms with E-state index in [0.29, 0.717) is 5.15 Å². The van der Waals surface area contributed by atoms with Crippen LogP contribution >= 0.6 is 11.6 Å². The smallest absolute Gasteiger partial charge is 0.133 e. The Balaban J connectivity index is 2.10. The van der Waals surface area contributed by atoms with E-state index in [2.05, 4.69) is 27.9 Å². The molecule has 2 aromatic heterocycles. The average Bonchev–Trinajstić information content (AvgIpc) is 2.46. The van der Waals surface area contributed by atoms with Crippen molar-refractivity contribution >= 4 is 22.5 Å². The lowest BCUT2D eigenvalue weighted by atomic mass is 10.1. The van der Waals surface area contributed by atoms with Gasteiger partial charge in [-0.3, -0.25) is 4.98 Å². The molecule has 3 nitrogen and oxygen atoms in total. The zero-order chi connectivity index (χ0) is 13.9. The first kappa shape index (κ1) is 13.0. The van der Waals surface area contributed by atoms with Crippen LogP contribution in [0.4, 0.5) is 0 Å². The third-order valence-electron chi connectivity index (χ3n) is 3.10. The van der Waals surface area contributed by atoms with Gasteiger partial charge in [-0.25, -0.2) is 9.97 Å². The first-order valence-electron chi connectivity index (χ1n) is 6.65. The van der Waals surface area contributed by atoms with Gasteiger partial charge in [0.1, 0.15) is 11.0 Å². The Hall–Kier alpha value is -2.00. The highest BCUT2D eigenvalue weighted by Crippen LogP contribution is 2.23. The van der Waals surface area contributed by atoms with Crippen LogP contribution in [0.3, 0.4) is 0 Å². The maximum atomic E-state index is 6.08. The standard InChI is InChI=1S/C16H14ClN3/c1-2-5-16-19-14(9-15(17)20-16)12-8-11-6-3-4-7-13(11)18-10-12/h3-4,6-10H,2,5H2,1H3. The van der Waals surface area contributed by atoms with Crippen molar-refractivity contribution < 1.29 is 0 Å². The average molecular weight is 284 g/mol. The number of rotatable bonds is 3. The van der Waals surface area contributed by atoms with Gasteiger partial charge in [-0.2, -0.15) is 0 Å². The molecular formula is C16H14ClN3. The Bertz CT molecular complexity index is 756. The Labute approximate surface area is 122 Å². The molecule has 0 spiro atoms. The highest BCUT2D eigenvalue weighted by molar-refractivity contribution is 6.29. The van der Waals surface area contributed by atoms with Gasteiger partial charge >= 0.3 is 0 Å². The van der Waals surface area contributed by atoms with E-state index in [1.807, 2.05) is 30.5 Å². The van der Waals surface area contributed by atoms with Crippen molar-refractivity contribution in [2.75, 3.05) is 0 Å². The molecule has 0 aliphatic heterocycles. The fraction of sp³-hybridized carbons (Fsp3) is 0.188. The number of aryl methyl sites for hydroxylation is 1. The molecule has 0 saturated heterocycles. The van der Waals surface area contributed by atoms with E-state index in [0.717, 1.165) is 40.8 Å². The molecule has 20 heavy (non-hydrogen) atoms. The van der Waals surface area contributed by atoms with Crippen molar-refractivity contribution in [1.82, 2.24) is 15.0 Å². The van der Waals surface area contributed by atoms with Gasteiger partial charge in [0.2, 0.25) is 0 Å². The van der Waals surface area contributed by atoms with Gasteiger partial charge in [-0.05, 0) is 18.6 Å². The lowest BCUT2D eigenvalue weighted by molar-refractivity contribution is 0.836. The minimum absolute atomic E-state index is 0.478. The molecular weight excluding hydrogens is 270 g/mol. The summed E-state index contributed by atoms with van der Waals surface area (Å²) in [6.07, 6.45) is 3.65. The van der Waals surface area contributed by atoms with E-state index in [1.165, 1.54) is 0 Å². The third-order valence-corrected chi connectivity index (χ3v) is 3.29. The van der Waals surface area contributed by atoms with Gasteiger partial charge in [-0.1, -0.05) is 36.7 Å². The second-order valence-electron chi connectivity index (χ2n) is 4.66. The predicted molar refractivity (Wildman–Crippen MR) is 81.8 cm³/mol. The van der Waals surface area contributed by atoms with Crippen molar-refractivity contribution in [2.45, 2.75) is 19.8 Å². The number of aromatic nitrogens is 3. The molecule has 0 unspecified atom stereocenters. The van der Waals surface area contributed by atoms with E-state index in [1.54, 1.807) is 6.07 Å². The fourth-order valence-corrected chi connectivity index (χ4v) is 2.36. The van der Waals surface area contributed by atoms with Crippen LogP contribution in [0.25, 0.3) is 22.2 Å². The minimum Gasteiger partial charge on any atom is -0.256 e. The van der Waals surface area contributed by atoms with E-state index >= 15 is 0 Å². The first-order valence-corrected chi connectivity index (χ1v) is 7.02. The summed E-state index contributed by atoms with van der Waals surface area (Å²) in [4.78, 5) is 13.3. The van der Waals surface area contributed by atoms with E-state index < -0.39 is 0 Å². The number of nitrogens with zero attached hydrogens (tertiary/aromatic N) is 3. The highest BCUT2D eigenvalue weighted by Gasteiger charge is 2.06. The molecule has 100 valence electrons. The van der Waals surface area contributed by atoms with Crippen LogP contribution in [0, 0.1) is 0 Å². The maximum Gasteiger partial charge on any atom is 0.133 e. The van der Waals surface area contributed by atoms with Crippen molar-refractivity contribution in [2.24, 2.45) is 0 Å². The van der Waals surface area contributed by atoms with Gasteiger partial charge in [0.05, 0.1) is 11.2 Å². The summed E-state index contributed by atoms with van der Waals surface area (Å²) in [6.45, 7) is 2.10. The maximum absolute atomic E-state index is 6.08. The molecule has 0 aliphatic carbocycles. The summed E-state index contributed by atoms with van der Waals surface area (Å²) in [5.41, 5.74) is 2.77. The van der Waals surface area contributed by atoms with Crippen LogP contribution in [0.15, 0.2) is 42.6 Å². The fourth-order valence-electron chi connectivity index (χ4n) is 2.16. The Morgan fingerprint density at radius 2 is 1.95 bits per heavy atom. The monoisotopic (exact) mass is 283 g/mol. The van der Waals surface area contributed by atoms with Crippen molar-refractivity contribution in [3.05, 3.63) is 53.6 Å². The summed E-state index contributed by atoms with van der Waals surface area (Å²) in [5, 5.41) is 1.57. The lowest BCUT2D eigenvalue weighted by Crippen LogP contribution is -1.97. The van der Waals surface area contributed by atoms with Gasteiger partial charge in [0, 0.05) is 29.6 Å². The van der Waals surface area contributed by atoms with Gasteiger partial charge in [-0.15, -0.1) is 0 Å². The molecule has 0 aliphatic rings. The predicted octanol–water partition coefficient (Wildman–Crippen LogP) is 4.30. The Morgan fingerprint density at radius 3 is 2.80 bits per heavy atom. The molecule has 4 heteroatoms. The molecule has 0 saturated carbocycles. The molecule has 0 radical (unpaired) electrons. The van der Waals surface area contributed by atoms with Crippen molar-refractivity contribution in [1.29, 1.82) is 0 Å². The Kier molecular flexibility index (Phi) is 3.61. The molecule has 0 N–H and O–H groups in total. The summed E-state index contributed by atoms with van der Waals surface area (Å²) in [7, 11) is 0. The van der Waals surface area contributed by atoms with E-state index in [4.69, 9.17) is 11.6 Å². The number of hydrogen-bond acceptors (Lipinski definition) is 3. The molecule has 0 fully saturated rings. The second kappa shape index (κ2) is 5.55. The SMILES string of the molecule is CCCc1nc(Cl)cc(-c2cnc3ccccc3c2)n1. The molecule has 1 aromatic carbocycles. The molecule has 0 amide bonds. The molecule has 3 aromatic rings. The number of hydrogen-bond donors (Lipinski definition) is 0. The molecule has 2 heterocycles. The summed E-state index contributed by atoms with van der Waals surface area (Å²) in [5.74, 6) is 0.781. The van der Waals surface area contributed by atoms with Gasteiger partial charge in [0.15, 0.2) is 0 Å². The van der Waals surface area contributed by atoms with Crippen LogP contribution < -0.4 is 0 Å². The number of fused-ring (bicyclic) bond motifs is 1. The van der Waals surface area contributed by atoms with Crippen LogP contribution in [0.5, 0.6) is 0 Å². The van der Waals surface area contributed by atoms with E-state index in [-0.39, 0.29) is 0 Å². The molecule has 0 bridgehead atoms. The third kappa shape index (κ3) is 2.63. The van der Waals surface area contributed by atoms with Gasteiger partial charge < -0.3 is 0 Å². The van der Waals surface area contributed by atoms with E-state index in [9.17, 15) is 0 Å². The van der Waals surface area contributed by atoms with Crippen LogP contribution in [-0.4, -0.2) is 15.0 Å².